The SMILES string of the molecule is O=C(N/C(=C/c1ccc(C(F)(F)F)cc1)C(=O)N1CCN(c2ccccc2)CC1)c1cccs1. The molecule has 1 aromatic heterocycles. The third-order valence-corrected chi connectivity index (χ3v) is 6.33. The number of carbonyl (C=O) groups excluding carboxylic acids is 2. The van der Waals surface area contributed by atoms with Gasteiger partial charge in [0.1, 0.15) is 5.70 Å². The topological polar surface area (TPSA) is 52.7 Å². The molecule has 1 saturated heterocycles. The molecule has 2 heterocycles. The normalized spacial score (nSPS) is 14.7. The van der Waals surface area contributed by atoms with Crippen molar-refractivity contribution in [2.75, 3.05) is 31.1 Å². The van der Waals surface area contributed by atoms with Gasteiger partial charge < -0.3 is 15.1 Å². The molecule has 0 saturated carbocycles. The average Bonchev–Trinajstić information content (AvgIpc) is 3.39. The van der Waals surface area contributed by atoms with Crippen molar-refractivity contribution in [1.82, 2.24) is 10.2 Å². The maximum Gasteiger partial charge on any atom is 0.416 e. The molecule has 0 unspecified atom stereocenters. The molecule has 0 atom stereocenters. The summed E-state index contributed by atoms with van der Waals surface area (Å²) in [5.74, 6) is -0.818. The molecular formula is C25H22F3N3O2S. The molecule has 2 aromatic carbocycles. The number of piperazine rings is 1. The number of thiophene rings is 1. The predicted molar refractivity (Wildman–Crippen MR) is 126 cm³/mol. The lowest BCUT2D eigenvalue weighted by molar-refractivity contribution is -0.137. The zero-order valence-corrected chi connectivity index (χ0v) is 18.9. The second kappa shape index (κ2) is 10.1. The molecule has 2 amide bonds. The van der Waals surface area contributed by atoms with Gasteiger partial charge in [-0.25, -0.2) is 0 Å². The van der Waals surface area contributed by atoms with E-state index < -0.39 is 17.6 Å². The van der Waals surface area contributed by atoms with Gasteiger partial charge in [-0.15, -0.1) is 11.3 Å². The molecule has 0 radical (unpaired) electrons. The lowest BCUT2D eigenvalue weighted by Crippen LogP contribution is -2.50. The van der Waals surface area contributed by atoms with E-state index in [0.717, 1.165) is 17.8 Å². The van der Waals surface area contributed by atoms with Gasteiger partial charge in [-0.05, 0) is 47.4 Å². The molecule has 0 aliphatic carbocycles. The number of hydrogen-bond donors (Lipinski definition) is 1. The molecule has 0 spiro atoms. The van der Waals surface area contributed by atoms with Crippen molar-refractivity contribution < 1.29 is 22.8 Å². The predicted octanol–water partition coefficient (Wildman–Crippen LogP) is 4.89. The zero-order valence-electron chi connectivity index (χ0n) is 18.1. The quantitative estimate of drug-likeness (QED) is 0.524. The van der Waals surface area contributed by atoms with E-state index in [1.807, 2.05) is 30.3 Å². The summed E-state index contributed by atoms with van der Waals surface area (Å²) in [6, 6.07) is 17.7. The lowest BCUT2D eigenvalue weighted by Gasteiger charge is -2.36. The second-order valence-electron chi connectivity index (χ2n) is 7.72. The van der Waals surface area contributed by atoms with E-state index in [9.17, 15) is 22.8 Å². The van der Waals surface area contributed by atoms with E-state index >= 15 is 0 Å². The maximum absolute atomic E-state index is 13.3. The van der Waals surface area contributed by atoms with Crippen LogP contribution in [0, 0.1) is 0 Å². The van der Waals surface area contributed by atoms with Crippen molar-refractivity contribution in [3.63, 3.8) is 0 Å². The minimum absolute atomic E-state index is 0.0197. The van der Waals surface area contributed by atoms with Gasteiger partial charge in [-0.1, -0.05) is 36.4 Å². The van der Waals surface area contributed by atoms with Gasteiger partial charge in [0.25, 0.3) is 11.8 Å². The highest BCUT2D eigenvalue weighted by Gasteiger charge is 2.30. The Hall–Kier alpha value is -3.59. The first-order valence-electron chi connectivity index (χ1n) is 10.6. The first-order valence-corrected chi connectivity index (χ1v) is 11.5. The van der Waals surface area contributed by atoms with Gasteiger partial charge in [0.15, 0.2) is 0 Å². The van der Waals surface area contributed by atoms with Crippen LogP contribution in [-0.4, -0.2) is 42.9 Å². The van der Waals surface area contributed by atoms with E-state index in [0.29, 0.717) is 36.6 Å². The number of anilines is 1. The minimum Gasteiger partial charge on any atom is -0.368 e. The highest BCUT2D eigenvalue weighted by atomic mass is 32.1. The molecule has 4 rings (SSSR count). The van der Waals surface area contributed by atoms with Crippen LogP contribution in [0.25, 0.3) is 6.08 Å². The fourth-order valence-electron chi connectivity index (χ4n) is 3.65. The fraction of sp³-hybridized carbons (Fsp3) is 0.200. The number of alkyl halides is 3. The Morgan fingerprint density at radius 3 is 2.15 bits per heavy atom. The Labute approximate surface area is 199 Å². The Morgan fingerprint density at radius 1 is 0.882 bits per heavy atom. The molecule has 1 aliphatic rings. The number of nitrogens with zero attached hydrogens (tertiary/aromatic N) is 2. The fourth-order valence-corrected chi connectivity index (χ4v) is 4.27. The Bertz CT molecular complexity index is 1150. The van der Waals surface area contributed by atoms with Crippen molar-refractivity contribution in [2.24, 2.45) is 0 Å². The van der Waals surface area contributed by atoms with Crippen LogP contribution in [0.5, 0.6) is 0 Å². The molecule has 9 heteroatoms. The number of benzene rings is 2. The third kappa shape index (κ3) is 5.66. The highest BCUT2D eigenvalue weighted by molar-refractivity contribution is 7.12. The smallest absolute Gasteiger partial charge is 0.368 e. The maximum atomic E-state index is 13.3. The molecule has 1 fully saturated rings. The average molecular weight is 486 g/mol. The van der Waals surface area contributed by atoms with E-state index in [1.165, 1.54) is 29.5 Å². The summed E-state index contributed by atoms with van der Waals surface area (Å²) in [6.45, 7) is 2.16. The second-order valence-corrected chi connectivity index (χ2v) is 8.67. The van der Waals surface area contributed by atoms with Crippen molar-refractivity contribution in [3.05, 3.63) is 93.8 Å². The van der Waals surface area contributed by atoms with Crippen LogP contribution in [0.2, 0.25) is 0 Å². The zero-order chi connectivity index (χ0) is 24.1. The number of rotatable bonds is 5. The Balaban J connectivity index is 1.53. The van der Waals surface area contributed by atoms with E-state index in [1.54, 1.807) is 22.4 Å². The number of amides is 2. The number of halogens is 3. The standard InChI is InChI=1S/C25H22F3N3O2S/c26-25(27,28)19-10-8-18(9-11-19)17-21(29-23(32)22-7-4-16-34-22)24(33)31-14-12-30(13-15-31)20-5-2-1-3-6-20/h1-11,16-17H,12-15H2,(H,29,32)/b21-17+. The summed E-state index contributed by atoms with van der Waals surface area (Å²) >= 11 is 1.23. The van der Waals surface area contributed by atoms with Crippen LogP contribution in [0.1, 0.15) is 20.8 Å². The van der Waals surface area contributed by atoms with Gasteiger partial charge in [-0.3, -0.25) is 9.59 Å². The molecule has 176 valence electrons. The summed E-state index contributed by atoms with van der Waals surface area (Å²) < 4.78 is 38.7. The van der Waals surface area contributed by atoms with Crippen LogP contribution in [0.4, 0.5) is 18.9 Å². The summed E-state index contributed by atoms with van der Waals surface area (Å²) in [6.07, 6.45) is -3.04. The van der Waals surface area contributed by atoms with Crippen LogP contribution < -0.4 is 10.2 Å². The number of nitrogens with one attached hydrogen (secondary N) is 1. The number of para-hydroxylation sites is 1. The van der Waals surface area contributed by atoms with Gasteiger partial charge in [0, 0.05) is 31.9 Å². The molecule has 3 aromatic rings. The van der Waals surface area contributed by atoms with Crippen molar-refractivity contribution >= 4 is 34.9 Å². The van der Waals surface area contributed by atoms with E-state index in [2.05, 4.69) is 10.2 Å². The molecule has 34 heavy (non-hydrogen) atoms. The lowest BCUT2D eigenvalue weighted by atomic mass is 10.1. The van der Waals surface area contributed by atoms with Crippen LogP contribution >= 0.6 is 11.3 Å². The van der Waals surface area contributed by atoms with Crippen LogP contribution in [0.3, 0.4) is 0 Å². The Kier molecular flexibility index (Phi) is 7.02. The molecule has 5 nitrogen and oxygen atoms in total. The van der Waals surface area contributed by atoms with Crippen molar-refractivity contribution in [3.8, 4) is 0 Å². The Morgan fingerprint density at radius 2 is 1.56 bits per heavy atom. The van der Waals surface area contributed by atoms with Gasteiger partial charge in [0.2, 0.25) is 0 Å². The molecule has 1 N–H and O–H groups in total. The summed E-state index contributed by atoms with van der Waals surface area (Å²) in [5.41, 5.74) is 0.690. The molecular weight excluding hydrogens is 463 g/mol. The van der Waals surface area contributed by atoms with Gasteiger partial charge >= 0.3 is 6.18 Å². The van der Waals surface area contributed by atoms with Crippen LogP contribution in [0.15, 0.2) is 77.8 Å². The summed E-state index contributed by atoms with van der Waals surface area (Å²) in [7, 11) is 0. The van der Waals surface area contributed by atoms with Crippen molar-refractivity contribution in [2.45, 2.75) is 6.18 Å². The number of hydrogen-bond acceptors (Lipinski definition) is 4. The summed E-state index contributed by atoms with van der Waals surface area (Å²) in [5, 5.41) is 4.41. The van der Waals surface area contributed by atoms with Gasteiger partial charge in [0.05, 0.1) is 10.4 Å². The first kappa shape index (κ1) is 23.6. The first-order chi connectivity index (χ1) is 16.3. The highest BCUT2D eigenvalue weighted by Crippen LogP contribution is 2.29. The van der Waals surface area contributed by atoms with E-state index in [4.69, 9.17) is 0 Å². The number of carbonyl (C=O) groups is 2. The largest absolute Gasteiger partial charge is 0.416 e. The molecule has 0 bridgehead atoms. The monoisotopic (exact) mass is 485 g/mol. The minimum atomic E-state index is -4.45. The van der Waals surface area contributed by atoms with Crippen molar-refractivity contribution in [1.29, 1.82) is 0 Å². The summed E-state index contributed by atoms with van der Waals surface area (Å²) in [4.78, 5) is 30.2. The van der Waals surface area contributed by atoms with E-state index in [-0.39, 0.29) is 11.6 Å². The third-order valence-electron chi connectivity index (χ3n) is 5.46. The van der Waals surface area contributed by atoms with Crippen LogP contribution in [-0.2, 0) is 11.0 Å². The van der Waals surface area contributed by atoms with Gasteiger partial charge in [-0.2, -0.15) is 13.2 Å². The molecule has 1 aliphatic heterocycles.